The van der Waals surface area contributed by atoms with Crippen LogP contribution < -0.4 is 5.48 Å². The second-order valence-corrected chi connectivity index (χ2v) is 3.19. The number of hydroxylamine groups is 1. The molecule has 3 unspecified atom stereocenters. The molecule has 0 aliphatic heterocycles. The number of nitrogens with zero attached hydrogens (tertiary/aromatic N) is 2. The second-order valence-electron chi connectivity index (χ2n) is 3.19. The summed E-state index contributed by atoms with van der Waals surface area (Å²) in [5, 5.41) is 25.6. The maximum atomic E-state index is 8.75. The van der Waals surface area contributed by atoms with Crippen LogP contribution in [0.25, 0.3) is 0 Å². The first kappa shape index (κ1) is 9.94. The molecule has 1 rings (SSSR count). The van der Waals surface area contributed by atoms with E-state index in [2.05, 4.69) is 22.6 Å². The lowest BCUT2D eigenvalue weighted by molar-refractivity contribution is -0.301. The Labute approximate surface area is 76.4 Å². The Morgan fingerprint density at radius 3 is 2.46 bits per heavy atom. The number of nitrogens with one attached hydrogen (secondary N) is 1. The maximum absolute atomic E-state index is 8.75. The molecular formula is C8H11N3O2. The monoisotopic (exact) mass is 181 g/mol. The van der Waals surface area contributed by atoms with Crippen LogP contribution >= 0.6 is 0 Å². The van der Waals surface area contributed by atoms with Crippen LogP contribution in [0.2, 0.25) is 0 Å². The quantitative estimate of drug-likeness (QED) is 0.486. The van der Waals surface area contributed by atoms with Crippen LogP contribution in [0.5, 0.6) is 0 Å². The van der Waals surface area contributed by atoms with Crippen molar-refractivity contribution < 1.29 is 10.2 Å². The summed E-state index contributed by atoms with van der Waals surface area (Å²) in [6.07, 6.45) is 1.97. The maximum Gasteiger partial charge on any atom is 0.0670 e. The van der Waals surface area contributed by atoms with Crippen molar-refractivity contribution in [3.63, 3.8) is 0 Å². The van der Waals surface area contributed by atoms with E-state index in [0.29, 0.717) is 12.8 Å². The molecule has 3 atom stereocenters. The highest BCUT2D eigenvalue weighted by Gasteiger charge is 2.30. The third kappa shape index (κ3) is 2.40. The fraction of sp³-hybridized carbons (Fsp3) is 0.750. The third-order valence-electron chi connectivity index (χ3n) is 2.40. The Kier molecular flexibility index (Phi) is 3.66. The SMILES string of the molecule is N#CC1CCC(NOO)CC1C#N. The average Bonchev–Trinajstić information content (AvgIpc) is 2.18. The van der Waals surface area contributed by atoms with Gasteiger partial charge in [0, 0.05) is 6.04 Å². The highest BCUT2D eigenvalue weighted by atomic mass is 17.2. The molecule has 2 N–H and O–H groups in total. The number of nitriles is 2. The van der Waals surface area contributed by atoms with Crippen molar-refractivity contribution in [3.05, 3.63) is 0 Å². The van der Waals surface area contributed by atoms with Gasteiger partial charge in [0.15, 0.2) is 0 Å². The molecule has 0 saturated heterocycles. The van der Waals surface area contributed by atoms with Crippen LogP contribution in [0.1, 0.15) is 19.3 Å². The Morgan fingerprint density at radius 2 is 1.92 bits per heavy atom. The summed E-state index contributed by atoms with van der Waals surface area (Å²) in [5.74, 6) is -0.437. The van der Waals surface area contributed by atoms with Gasteiger partial charge in [0.05, 0.1) is 24.0 Å². The predicted molar refractivity (Wildman–Crippen MR) is 42.7 cm³/mol. The largest absolute Gasteiger partial charge is 0.233 e. The molecule has 0 radical (unpaired) electrons. The van der Waals surface area contributed by atoms with Crippen LogP contribution in [0.4, 0.5) is 0 Å². The third-order valence-corrected chi connectivity index (χ3v) is 2.40. The van der Waals surface area contributed by atoms with Gasteiger partial charge in [-0.05, 0) is 19.3 Å². The van der Waals surface area contributed by atoms with Gasteiger partial charge in [-0.25, -0.2) is 5.26 Å². The van der Waals surface area contributed by atoms with Crippen molar-refractivity contribution in [3.8, 4) is 12.1 Å². The van der Waals surface area contributed by atoms with E-state index in [1.807, 2.05) is 0 Å². The zero-order chi connectivity index (χ0) is 9.68. The fourth-order valence-corrected chi connectivity index (χ4v) is 1.65. The average molecular weight is 181 g/mol. The van der Waals surface area contributed by atoms with E-state index < -0.39 is 0 Å². The summed E-state index contributed by atoms with van der Waals surface area (Å²) < 4.78 is 0. The first-order valence-corrected chi connectivity index (χ1v) is 4.17. The second kappa shape index (κ2) is 4.78. The molecule has 0 aromatic heterocycles. The summed E-state index contributed by atoms with van der Waals surface area (Å²) in [7, 11) is 0. The van der Waals surface area contributed by atoms with E-state index in [1.165, 1.54) is 0 Å². The molecule has 1 saturated carbocycles. The van der Waals surface area contributed by atoms with E-state index >= 15 is 0 Å². The van der Waals surface area contributed by atoms with Gasteiger partial charge in [-0.3, -0.25) is 0 Å². The Hall–Kier alpha value is -1.14. The predicted octanol–water partition coefficient (Wildman–Crippen LogP) is 0.813. The molecule has 70 valence electrons. The molecule has 5 heteroatoms. The summed E-state index contributed by atoms with van der Waals surface area (Å²) in [5.41, 5.74) is 2.39. The molecule has 0 amide bonds. The standard InChI is InChI=1S/C8H11N3O2/c9-4-6-1-2-8(11-13-12)3-7(6)5-10/h6-8,11-12H,1-3H2. The molecule has 0 aromatic carbocycles. The Bertz CT molecular complexity index is 243. The van der Waals surface area contributed by atoms with Gasteiger partial charge in [0.1, 0.15) is 0 Å². The minimum atomic E-state index is -0.258. The molecule has 0 spiro atoms. The van der Waals surface area contributed by atoms with Gasteiger partial charge in [-0.2, -0.15) is 16.0 Å². The van der Waals surface area contributed by atoms with Gasteiger partial charge >= 0.3 is 0 Å². The summed E-state index contributed by atoms with van der Waals surface area (Å²) >= 11 is 0. The van der Waals surface area contributed by atoms with Crippen molar-refractivity contribution in [1.82, 2.24) is 5.48 Å². The molecule has 1 aliphatic rings. The van der Waals surface area contributed by atoms with Crippen LogP contribution in [0, 0.1) is 34.5 Å². The molecule has 1 aliphatic carbocycles. The van der Waals surface area contributed by atoms with E-state index in [1.54, 1.807) is 0 Å². The van der Waals surface area contributed by atoms with Gasteiger partial charge in [-0.1, -0.05) is 0 Å². The van der Waals surface area contributed by atoms with Crippen LogP contribution in [-0.2, 0) is 4.99 Å². The number of rotatable bonds is 2. The van der Waals surface area contributed by atoms with E-state index in [4.69, 9.17) is 15.8 Å². The first-order chi connectivity index (χ1) is 6.31. The topological polar surface area (TPSA) is 89.1 Å². The van der Waals surface area contributed by atoms with Crippen molar-refractivity contribution >= 4 is 0 Å². The fourth-order valence-electron chi connectivity index (χ4n) is 1.65. The van der Waals surface area contributed by atoms with Crippen molar-refractivity contribution in [2.24, 2.45) is 11.8 Å². The van der Waals surface area contributed by atoms with Crippen LogP contribution in [0.15, 0.2) is 0 Å². The molecule has 5 nitrogen and oxygen atoms in total. The van der Waals surface area contributed by atoms with Crippen molar-refractivity contribution in [1.29, 1.82) is 10.5 Å². The zero-order valence-corrected chi connectivity index (χ0v) is 7.10. The first-order valence-electron chi connectivity index (χ1n) is 4.17. The zero-order valence-electron chi connectivity index (χ0n) is 7.10. The minimum Gasteiger partial charge on any atom is -0.233 e. The summed E-state index contributed by atoms with van der Waals surface area (Å²) in [6, 6.07) is 4.18. The lowest BCUT2D eigenvalue weighted by atomic mass is 9.79. The van der Waals surface area contributed by atoms with Gasteiger partial charge in [0.2, 0.25) is 0 Å². The lowest BCUT2D eigenvalue weighted by Gasteiger charge is -2.27. The summed E-state index contributed by atoms with van der Waals surface area (Å²) in [4.78, 5) is 3.80. The van der Waals surface area contributed by atoms with E-state index in [0.717, 1.165) is 6.42 Å². The number of hydrogen-bond donors (Lipinski definition) is 2. The van der Waals surface area contributed by atoms with Gasteiger partial charge in [-0.15, -0.1) is 4.99 Å². The molecule has 0 heterocycles. The van der Waals surface area contributed by atoms with Crippen molar-refractivity contribution in [2.75, 3.05) is 0 Å². The highest BCUT2D eigenvalue weighted by molar-refractivity contribution is 5.02. The number of hydrogen-bond acceptors (Lipinski definition) is 5. The van der Waals surface area contributed by atoms with Crippen LogP contribution in [0.3, 0.4) is 0 Å². The Balaban J connectivity index is 2.50. The smallest absolute Gasteiger partial charge is 0.0670 e. The van der Waals surface area contributed by atoms with E-state index in [9.17, 15) is 0 Å². The van der Waals surface area contributed by atoms with Gasteiger partial charge in [0.25, 0.3) is 0 Å². The van der Waals surface area contributed by atoms with Crippen LogP contribution in [-0.4, -0.2) is 11.3 Å². The lowest BCUT2D eigenvalue weighted by Crippen LogP contribution is -2.36. The van der Waals surface area contributed by atoms with Crippen molar-refractivity contribution in [2.45, 2.75) is 25.3 Å². The Morgan fingerprint density at radius 1 is 1.23 bits per heavy atom. The minimum absolute atomic E-state index is 0.0285. The summed E-state index contributed by atoms with van der Waals surface area (Å²) in [6.45, 7) is 0. The highest BCUT2D eigenvalue weighted by Crippen LogP contribution is 2.29. The molecule has 1 fully saturated rings. The van der Waals surface area contributed by atoms with Gasteiger partial charge < -0.3 is 0 Å². The molecular weight excluding hydrogens is 170 g/mol. The molecule has 0 aromatic rings. The van der Waals surface area contributed by atoms with E-state index in [-0.39, 0.29) is 17.9 Å². The molecule has 0 bridgehead atoms. The molecule has 13 heavy (non-hydrogen) atoms. The normalized spacial score (nSPS) is 33.3.